The molecule has 0 bridgehead atoms. The van der Waals surface area contributed by atoms with Crippen LogP contribution in [0.15, 0.2) is 12.2 Å². The molecule has 4 nitrogen and oxygen atoms in total. The van der Waals surface area contributed by atoms with E-state index in [0.29, 0.717) is 11.8 Å². The number of hydrogen-bond donors (Lipinski definition) is 1. The molecule has 0 aromatic heterocycles. The maximum absolute atomic E-state index is 11.0. The Morgan fingerprint density at radius 3 is 2.58 bits per heavy atom. The van der Waals surface area contributed by atoms with E-state index >= 15 is 0 Å². The third-order valence-corrected chi connectivity index (χ3v) is 5.47. The van der Waals surface area contributed by atoms with Crippen LogP contribution in [-0.4, -0.2) is 22.8 Å². The average molecular weight is 341 g/mol. The second-order valence-electron chi connectivity index (χ2n) is 7.46. The Kier molecular flexibility index (Phi) is 8.99. The standard InChI is InChI=1S/C20H36O4/c1-6-10-16(7-2)11-15(5)13-20(9-4)14-17(8-3)18(23-24-20)12-19(21)22/h6,10,15-18H,7-9,11-14H2,1-5H3,(H,21,22)/b10-6+/t15-,16+,17-,18-,20+/m0/s1. The summed E-state index contributed by atoms with van der Waals surface area (Å²) in [5.41, 5.74) is -0.274. The molecule has 5 atom stereocenters. The minimum absolute atomic E-state index is 0.0209. The molecule has 1 aliphatic heterocycles. The molecule has 0 amide bonds. The Morgan fingerprint density at radius 2 is 2.08 bits per heavy atom. The summed E-state index contributed by atoms with van der Waals surface area (Å²) in [5, 5.41) is 9.05. The predicted octanol–water partition coefficient (Wildman–Crippen LogP) is 5.38. The lowest BCUT2D eigenvalue weighted by molar-refractivity contribution is -0.424. The first-order valence-electron chi connectivity index (χ1n) is 9.58. The van der Waals surface area contributed by atoms with Gasteiger partial charge in [-0.15, -0.1) is 0 Å². The van der Waals surface area contributed by atoms with Crippen molar-refractivity contribution in [2.75, 3.05) is 0 Å². The lowest BCUT2D eigenvalue weighted by atomic mass is 9.76. The van der Waals surface area contributed by atoms with Crippen molar-refractivity contribution in [2.45, 2.75) is 91.3 Å². The molecular weight excluding hydrogens is 304 g/mol. The SMILES string of the molecule is C/C=C/[C@@H](CC)C[C@H](C)C[C@]1(CC)C[C@H](CC)[C@H](CC(=O)O)OO1. The molecule has 0 aromatic carbocycles. The van der Waals surface area contributed by atoms with Crippen LogP contribution < -0.4 is 0 Å². The van der Waals surface area contributed by atoms with Crippen LogP contribution >= 0.6 is 0 Å². The van der Waals surface area contributed by atoms with Crippen LogP contribution in [0, 0.1) is 17.8 Å². The average Bonchev–Trinajstić information content (AvgIpc) is 2.55. The molecule has 1 aliphatic rings. The molecule has 1 saturated heterocycles. The first-order chi connectivity index (χ1) is 11.4. The van der Waals surface area contributed by atoms with Gasteiger partial charge in [0.05, 0.1) is 6.42 Å². The minimum Gasteiger partial charge on any atom is -0.481 e. The summed E-state index contributed by atoms with van der Waals surface area (Å²) in [4.78, 5) is 22.4. The van der Waals surface area contributed by atoms with Crippen molar-refractivity contribution in [3.8, 4) is 0 Å². The number of allylic oxidation sites excluding steroid dienone is 2. The predicted molar refractivity (Wildman–Crippen MR) is 96.6 cm³/mol. The zero-order chi connectivity index (χ0) is 18.2. The second kappa shape index (κ2) is 10.2. The highest BCUT2D eigenvalue weighted by Gasteiger charge is 2.43. The van der Waals surface area contributed by atoms with Gasteiger partial charge in [-0.05, 0) is 56.8 Å². The zero-order valence-corrected chi connectivity index (χ0v) is 16.1. The van der Waals surface area contributed by atoms with Gasteiger partial charge in [-0.2, -0.15) is 0 Å². The van der Waals surface area contributed by atoms with E-state index < -0.39 is 5.97 Å². The number of carboxylic acids is 1. The van der Waals surface area contributed by atoms with Gasteiger partial charge in [0.25, 0.3) is 0 Å². The fraction of sp³-hybridized carbons (Fsp3) is 0.850. The van der Waals surface area contributed by atoms with Crippen LogP contribution in [0.4, 0.5) is 0 Å². The zero-order valence-electron chi connectivity index (χ0n) is 16.1. The van der Waals surface area contributed by atoms with Gasteiger partial charge >= 0.3 is 5.97 Å². The third-order valence-electron chi connectivity index (χ3n) is 5.47. The van der Waals surface area contributed by atoms with Gasteiger partial charge < -0.3 is 5.11 Å². The van der Waals surface area contributed by atoms with Crippen LogP contribution in [0.25, 0.3) is 0 Å². The number of rotatable bonds is 10. The molecule has 1 heterocycles. The molecule has 1 rings (SSSR count). The van der Waals surface area contributed by atoms with E-state index in [2.05, 4.69) is 46.8 Å². The molecule has 140 valence electrons. The van der Waals surface area contributed by atoms with Crippen molar-refractivity contribution < 1.29 is 19.7 Å². The van der Waals surface area contributed by atoms with Gasteiger partial charge in [0, 0.05) is 0 Å². The summed E-state index contributed by atoms with van der Waals surface area (Å²) in [6.45, 7) is 10.8. The normalized spacial score (nSPS) is 30.4. The first-order valence-corrected chi connectivity index (χ1v) is 9.58. The largest absolute Gasteiger partial charge is 0.481 e. The molecule has 0 saturated carbocycles. The summed E-state index contributed by atoms with van der Waals surface area (Å²) < 4.78 is 0. The summed E-state index contributed by atoms with van der Waals surface area (Å²) in [6, 6.07) is 0. The molecule has 0 spiro atoms. The van der Waals surface area contributed by atoms with Crippen LogP contribution in [0.3, 0.4) is 0 Å². The Bertz CT molecular complexity index is 406. The van der Waals surface area contributed by atoms with E-state index in [9.17, 15) is 4.79 Å². The number of carbonyl (C=O) groups is 1. The Labute approximate surface area is 147 Å². The van der Waals surface area contributed by atoms with Crippen molar-refractivity contribution in [1.82, 2.24) is 0 Å². The van der Waals surface area contributed by atoms with Crippen molar-refractivity contribution in [3.05, 3.63) is 12.2 Å². The minimum atomic E-state index is -0.823. The van der Waals surface area contributed by atoms with Gasteiger partial charge in [-0.3, -0.25) is 4.79 Å². The van der Waals surface area contributed by atoms with E-state index in [-0.39, 0.29) is 24.0 Å². The molecule has 0 unspecified atom stereocenters. The summed E-state index contributed by atoms with van der Waals surface area (Å²) in [5.74, 6) is 0.587. The highest BCUT2D eigenvalue weighted by atomic mass is 17.2. The van der Waals surface area contributed by atoms with Crippen LogP contribution in [-0.2, 0) is 14.6 Å². The molecule has 0 aliphatic carbocycles. The third kappa shape index (κ3) is 6.21. The van der Waals surface area contributed by atoms with E-state index in [1.54, 1.807) is 0 Å². The summed E-state index contributed by atoms with van der Waals surface area (Å²) in [6.07, 6.45) is 10.1. The fourth-order valence-electron chi connectivity index (χ4n) is 4.02. The smallest absolute Gasteiger partial charge is 0.306 e. The number of hydrogen-bond acceptors (Lipinski definition) is 3. The monoisotopic (exact) mass is 340 g/mol. The quantitative estimate of drug-likeness (QED) is 0.429. The maximum atomic E-state index is 11.0. The molecule has 4 heteroatoms. The van der Waals surface area contributed by atoms with Crippen molar-refractivity contribution in [3.63, 3.8) is 0 Å². The molecule has 24 heavy (non-hydrogen) atoms. The molecule has 0 aromatic rings. The first kappa shape index (κ1) is 21.2. The number of aliphatic carboxylic acids is 1. The maximum Gasteiger partial charge on any atom is 0.306 e. The van der Waals surface area contributed by atoms with Crippen molar-refractivity contribution in [2.24, 2.45) is 17.8 Å². The molecule has 1 N–H and O–H groups in total. The van der Waals surface area contributed by atoms with Crippen molar-refractivity contribution >= 4 is 5.97 Å². The van der Waals surface area contributed by atoms with Gasteiger partial charge in [-0.1, -0.05) is 46.3 Å². The van der Waals surface area contributed by atoms with E-state index in [0.717, 1.165) is 38.5 Å². The van der Waals surface area contributed by atoms with Gasteiger partial charge in [0.2, 0.25) is 0 Å². The molecule has 0 radical (unpaired) electrons. The Balaban J connectivity index is 2.71. The summed E-state index contributed by atoms with van der Waals surface area (Å²) in [7, 11) is 0. The molecular formula is C20H36O4. The highest BCUT2D eigenvalue weighted by molar-refractivity contribution is 5.67. The Morgan fingerprint density at radius 1 is 1.38 bits per heavy atom. The van der Waals surface area contributed by atoms with Gasteiger partial charge in [-0.25, -0.2) is 9.78 Å². The summed E-state index contributed by atoms with van der Waals surface area (Å²) >= 11 is 0. The van der Waals surface area contributed by atoms with E-state index in [1.165, 1.54) is 0 Å². The van der Waals surface area contributed by atoms with Crippen LogP contribution in [0.2, 0.25) is 0 Å². The van der Waals surface area contributed by atoms with E-state index in [4.69, 9.17) is 14.9 Å². The number of carboxylic acid groups (broad SMARTS) is 1. The van der Waals surface area contributed by atoms with Crippen molar-refractivity contribution in [1.29, 1.82) is 0 Å². The molecule has 1 fully saturated rings. The van der Waals surface area contributed by atoms with Crippen LogP contribution in [0.1, 0.15) is 79.6 Å². The Hall–Kier alpha value is -0.870. The second-order valence-corrected chi connectivity index (χ2v) is 7.46. The van der Waals surface area contributed by atoms with E-state index in [1.807, 2.05) is 0 Å². The highest BCUT2D eigenvalue weighted by Crippen LogP contribution is 2.41. The topological polar surface area (TPSA) is 55.8 Å². The van der Waals surface area contributed by atoms with Crippen LogP contribution in [0.5, 0.6) is 0 Å². The lowest BCUT2D eigenvalue weighted by Crippen LogP contribution is -2.46. The fourth-order valence-corrected chi connectivity index (χ4v) is 4.02. The van der Waals surface area contributed by atoms with Gasteiger partial charge in [0.15, 0.2) is 0 Å². The lowest BCUT2D eigenvalue weighted by Gasteiger charge is -2.43. The van der Waals surface area contributed by atoms with Gasteiger partial charge in [0.1, 0.15) is 11.7 Å².